The molecule has 1 aliphatic rings. The number of anilines is 1. The first kappa shape index (κ1) is 39.5. The third-order valence-electron chi connectivity index (χ3n) is 8.25. The van der Waals surface area contributed by atoms with Crippen LogP contribution in [0.15, 0.2) is 73.2 Å². The Labute approximate surface area is 304 Å². The lowest BCUT2D eigenvalue weighted by Gasteiger charge is -2.34. The molecule has 280 valence electrons. The van der Waals surface area contributed by atoms with Gasteiger partial charge < -0.3 is 39.6 Å². The minimum Gasteiger partial charge on any atom is -0.466 e. The molecule has 4 amide bonds. The van der Waals surface area contributed by atoms with Crippen molar-refractivity contribution < 1.29 is 38.2 Å². The van der Waals surface area contributed by atoms with Gasteiger partial charge in [0.15, 0.2) is 5.82 Å². The molecule has 1 aliphatic heterocycles. The SMILES string of the molecule is CCOC(=O)C1CCCN(C(=O)C(c2ccccc2)n2cnc(NC(=O)C(COCc3ccccc3)NC(=O)C(C)(C)NC(=O)OC(C)(C)C)c2)C1. The Morgan fingerprint density at radius 1 is 0.962 bits per heavy atom. The predicted molar refractivity (Wildman–Crippen MR) is 193 cm³/mol. The van der Waals surface area contributed by atoms with Crippen LogP contribution in [-0.2, 0) is 40.0 Å². The minimum atomic E-state index is -1.45. The van der Waals surface area contributed by atoms with Crippen molar-refractivity contribution in [1.29, 1.82) is 0 Å². The molecule has 14 nitrogen and oxygen atoms in total. The molecule has 1 aromatic heterocycles. The molecule has 2 heterocycles. The fourth-order valence-electron chi connectivity index (χ4n) is 5.64. The fourth-order valence-corrected chi connectivity index (χ4v) is 5.64. The Morgan fingerprint density at radius 3 is 2.29 bits per heavy atom. The number of likely N-dealkylation sites (tertiary alicyclic amines) is 1. The topological polar surface area (TPSA) is 170 Å². The van der Waals surface area contributed by atoms with Gasteiger partial charge in [-0.15, -0.1) is 0 Å². The molecular formula is C38H50N6O8. The van der Waals surface area contributed by atoms with Gasteiger partial charge in [0.1, 0.15) is 23.2 Å². The molecule has 0 bridgehead atoms. The lowest BCUT2D eigenvalue weighted by molar-refractivity contribution is -0.151. The van der Waals surface area contributed by atoms with Crippen molar-refractivity contribution in [1.82, 2.24) is 25.1 Å². The standard InChI is InChI=1S/C38H50N6O8/c1-7-51-34(47)28-19-14-20-43(21-28)33(46)31(27-17-12-9-13-18-27)44-22-30(39-25-44)41-32(45)29(24-50-23-26-15-10-8-11-16-26)40-35(48)38(5,6)42-36(49)52-37(2,3)4/h8-13,15-18,22,25,28-29,31H,7,14,19-21,23-24H2,1-6H3,(H,40,48)(H,41,45)(H,42,49). The van der Waals surface area contributed by atoms with Crippen molar-refractivity contribution >= 4 is 35.6 Å². The van der Waals surface area contributed by atoms with Crippen LogP contribution in [-0.4, -0.2) is 87.7 Å². The van der Waals surface area contributed by atoms with E-state index in [1.807, 2.05) is 60.7 Å². The van der Waals surface area contributed by atoms with Gasteiger partial charge in [-0.3, -0.25) is 19.2 Å². The molecule has 0 spiro atoms. The number of carbonyl (C=O) groups is 5. The number of imidazole rings is 1. The van der Waals surface area contributed by atoms with Crippen LogP contribution in [0.5, 0.6) is 0 Å². The summed E-state index contributed by atoms with van der Waals surface area (Å²) in [5.41, 5.74) is -0.666. The highest BCUT2D eigenvalue weighted by molar-refractivity contribution is 5.98. The molecule has 3 aromatic rings. The minimum absolute atomic E-state index is 0.134. The maximum absolute atomic E-state index is 14.1. The van der Waals surface area contributed by atoms with Crippen molar-refractivity contribution in [3.8, 4) is 0 Å². The Balaban J connectivity index is 1.52. The molecule has 52 heavy (non-hydrogen) atoms. The molecule has 0 saturated carbocycles. The number of carbonyl (C=O) groups excluding carboxylic acids is 5. The van der Waals surface area contributed by atoms with E-state index in [9.17, 15) is 24.0 Å². The molecule has 14 heteroatoms. The summed E-state index contributed by atoms with van der Waals surface area (Å²) >= 11 is 0. The lowest BCUT2D eigenvalue weighted by atomic mass is 9.96. The lowest BCUT2D eigenvalue weighted by Crippen LogP contribution is -2.59. The van der Waals surface area contributed by atoms with Crippen LogP contribution in [0.3, 0.4) is 0 Å². The van der Waals surface area contributed by atoms with E-state index >= 15 is 0 Å². The highest BCUT2D eigenvalue weighted by atomic mass is 16.6. The number of hydrogen-bond acceptors (Lipinski definition) is 9. The van der Waals surface area contributed by atoms with Crippen molar-refractivity contribution in [3.05, 3.63) is 84.3 Å². The highest BCUT2D eigenvalue weighted by Crippen LogP contribution is 2.26. The van der Waals surface area contributed by atoms with Crippen LogP contribution in [0.25, 0.3) is 0 Å². The number of nitrogens with one attached hydrogen (secondary N) is 3. The van der Waals surface area contributed by atoms with Crippen LogP contribution >= 0.6 is 0 Å². The molecule has 3 unspecified atom stereocenters. The van der Waals surface area contributed by atoms with Gasteiger partial charge in [-0.1, -0.05) is 60.7 Å². The number of ether oxygens (including phenoxy) is 3. The number of alkyl carbamates (subject to hydrolysis) is 1. The molecule has 1 fully saturated rings. The van der Waals surface area contributed by atoms with Crippen LogP contribution in [0, 0.1) is 5.92 Å². The van der Waals surface area contributed by atoms with Gasteiger partial charge in [-0.25, -0.2) is 9.78 Å². The number of amides is 4. The zero-order valence-electron chi connectivity index (χ0n) is 30.7. The number of benzene rings is 2. The Bertz CT molecular complexity index is 1670. The highest BCUT2D eigenvalue weighted by Gasteiger charge is 2.36. The number of piperidine rings is 1. The number of nitrogens with zero attached hydrogens (tertiary/aromatic N) is 3. The summed E-state index contributed by atoms with van der Waals surface area (Å²) in [5.74, 6) is -2.10. The van der Waals surface area contributed by atoms with E-state index in [1.54, 1.807) is 37.2 Å². The second-order valence-electron chi connectivity index (χ2n) is 14.2. The van der Waals surface area contributed by atoms with E-state index in [1.165, 1.54) is 26.4 Å². The first-order valence-electron chi connectivity index (χ1n) is 17.5. The molecule has 3 atom stereocenters. The van der Waals surface area contributed by atoms with E-state index in [-0.39, 0.29) is 44.1 Å². The van der Waals surface area contributed by atoms with Crippen LogP contribution in [0.4, 0.5) is 10.6 Å². The summed E-state index contributed by atoms with van der Waals surface area (Å²) in [7, 11) is 0. The summed E-state index contributed by atoms with van der Waals surface area (Å²) < 4.78 is 18.0. The van der Waals surface area contributed by atoms with Gasteiger partial charge in [0.2, 0.25) is 11.8 Å². The van der Waals surface area contributed by atoms with Gasteiger partial charge in [0, 0.05) is 19.3 Å². The molecule has 0 aliphatic carbocycles. The molecule has 3 N–H and O–H groups in total. The van der Waals surface area contributed by atoms with Crippen molar-refractivity contribution in [2.75, 3.05) is 31.6 Å². The monoisotopic (exact) mass is 718 g/mol. The molecule has 1 saturated heterocycles. The second-order valence-corrected chi connectivity index (χ2v) is 14.2. The Kier molecular flexibility index (Phi) is 13.5. The van der Waals surface area contributed by atoms with Crippen LogP contribution < -0.4 is 16.0 Å². The zero-order valence-corrected chi connectivity index (χ0v) is 30.7. The first-order valence-corrected chi connectivity index (χ1v) is 17.5. The van der Waals surface area contributed by atoms with Crippen molar-refractivity contribution in [2.45, 2.75) is 84.2 Å². The Morgan fingerprint density at radius 2 is 1.63 bits per heavy atom. The van der Waals surface area contributed by atoms with E-state index in [0.717, 1.165) is 5.56 Å². The summed E-state index contributed by atoms with van der Waals surface area (Å²) in [6, 6.07) is 16.5. The van der Waals surface area contributed by atoms with E-state index in [2.05, 4.69) is 20.9 Å². The van der Waals surface area contributed by atoms with Crippen molar-refractivity contribution in [2.24, 2.45) is 5.92 Å². The molecular weight excluding hydrogens is 668 g/mol. The number of esters is 1. The van der Waals surface area contributed by atoms with E-state index in [4.69, 9.17) is 14.2 Å². The molecule has 0 radical (unpaired) electrons. The van der Waals surface area contributed by atoms with Gasteiger partial charge in [0.05, 0.1) is 32.1 Å². The number of hydrogen-bond donors (Lipinski definition) is 3. The van der Waals surface area contributed by atoms with E-state index < -0.39 is 47.0 Å². The largest absolute Gasteiger partial charge is 0.466 e. The third kappa shape index (κ3) is 11.4. The summed E-state index contributed by atoms with van der Waals surface area (Å²) in [4.78, 5) is 72.3. The first-order chi connectivity index (χ1) is 24.7. The van der Waals surface area contributed by atoms with E-state index in [0.29, 0.717) is 24.9 Å². The quantitative estimate of drug-likeness (QED) is 0.207. The van der Waals surface area contributed by atoms with Gasteiger partial charge in [-0.05, 0) is 65.5 Å². The average molecular weight is 719 g/mol. The van der Waals surface area contributed by atoms with Crippen LogP contribution in [0.2, 0.25) is 0 Å². The third-order valence-corrected chi connectivity index (χ3v) is 8.25. The predicted octanol–water partition coefficient (Wildman–Crippen LogP) is 4.22. The summed E-state index contributed by atoms with van der Waals surface area (Å²) in [5, 5.41) is 7.98. The Hall–Kier alpha value is -5.24. The summed E-state index contributed by atoms with van der Waals surface area (Å²) in [6.07, 6.45) is 3.50. The van der Waals surface area contributed by atoms with Gasteiger partial charge in [-0.2, -0.15) is 0 Å². The fraction of sp³-hybridized carbons (Fsp3) is 0.474. The van der Waals surface area contributed by atoms with Gasteiger partial charge >= 0.3 is 12.1 Å². The smallest absolute Gasteiger partial charge is 0.408 e. The maximum Gasteiger partial charge on any atom is 0.408 e. The summed E-state index contributed by atoms with van der Waals surface area (Å²) in [6.45, 7) is 10.8. The molecule has 2 aromatic carbocycles. The molecule has 4 rings (SSSR count). The maximum atomic E-state index is 14.1. The van der Waals surface area contributed by atoms with Gasteiger partial charge in [0.25, 0.3) is 5.91 Å². The van der Waals surface area contributed by atoms with Crippen LogP contribution in [0.1, 0.15) is 71.6 Å². The number of rotatable bonds is 14. The number of aromatic nitrogens is 2. The normalized spacial score (nSPS) is 15.9. The van der Waals surface area contributed by atoms with Crippen molar-refractivity contribution in [3.63, 3.8) is 0 Å². The average Bonchev–Trinajstić information content (AvgIpc) is 3.55. The second kappa shape index (κ2) is 17.8. The zero-order chi connectivity index (χ0) is 37.9.